The van der Waals surface area contributed by atoms with Crippen LogP contribution >= 0.6 is 0 Å². The van der Waals surface area contributed by atoms with Crippen molar-refractivity contribution in [1.29, 1.82) is 0 Å². The van der Waals surface area contributed by atoms with Gasteiger partial charge >= 0.3 is 97.2 Å². The molecule has 0 bridgehead atoms. The van der Waals surface area contributed by atoms with Crippen LogP contribution in [0.3, 0.4) is 0 Å². The first kappa shape index (κ1) is 10.9. The summed E-state index contributed by atoms with van der Waals surface area (Å²) in [6.45, 7) is 4.47. The van der Waals surface area contributed by atoms with Crippen LogP contribution in [0, 0.1) is 0 Å². The molecule has 0 atom stereocenters. The van der Waals surface area contributed by atoms with Crippen molar-refractivity contribution >= 4 is 25.1 Å². The number of hydrogen-bond donors (Lipinski definition) is 1. The van der Waals surface area contributed by atoms with E-state index < -0.39 is 0 Å². The second-order valence-corrected chi connectivity index (χ2v) is 5.52. The van der Waals surface area contributed by atoms with Gasteiger partial charge in [-0.1, -0.05) is 0 Å². The van der Waals surface area contributed by atoms with Gasteiger partial charge in [0.05, 0.1) is 0 Å². The van der Waals surface area contributed by atoms with Crippen molar-refractivity contribution in [2.45, 2.75) is 12.2 Å². The molecule has 3 nitrogen and oxygen atoms in total. The monoisotopic (exact) mass is 271 g/mol. The minimum atomic E-state index is 0.549. The van der Waals surface area contributed by atoms with Crippen LogP contribution in [0.4, 0.5) is 5.69 Å². The molecule has 0 unspecified atom stereocenters. The average molecular weight is 270 g/mol. The van der Waals surface area contributed by atoms with Crippen molar-refractivity contribution in [2.75, 3.05) is 31.1 Å². The third-order valence-corrected chi connectivity index (χ3v) is 4.10. The molecule has 0 saturated carbocycles. The number of rotatable bonds is 2. The van der Waals surface area contributed by atoms with E-state index in [2.05, 4.69) is 27.1 Å². The van der Waals surface area contributed by atoms with E-state index in [9.17, 15) is 0 Å². The standard InChI is InChI=1S/C11H17N3Se/c1-15-11-7-10(8-13-9-11)14-5-2-3-12-4-6-14/h7-9,12H,2-6H2,1H3. The second-order valence-electron chi connectivity index (χ2n) is 3.67. The number of anilines is 1. The molecule has 0 aliphatic carbocycles. The van der Waals surface area contributed by atoms with Gasteiger partial charge in [-0.05, 0) is 0 Å². The third-order valence-electron chi connectivity index (χ3n) is 2.64. The molecular formula is C11H17N3Se. The molecule has 1 fully saturated rings. The van der Waals surface area contributed by atoms with Gasteiger partial charge in [0.1, 0.15) is 0 Å². The van der Waals surface area contributed by atoms with Crippen LogP contribution in [0.15, 0.2) is 18.5 Å². The Bertz CT molecular complexity index is 308. The molecule has 0 spiro atoms. The Hall–Kier alpha value is -0.571. The van der Waals surface area contributed by atoms with E-state index in [1.807, 2.05) is 12.4 Å². The minimum absolute atomic E-state index is 0.549. The second kappa shape index (κ2) is 5.50. The number of nitrogens with zero attached hydrogens (tertiary/aromatic N) is 2. The fourth-order valence-corrected chi connectivity index (χ4v) is 2.65. The molecule has 2 rings (SSSR count). The molecule has 0 radical (unpaired) electrons. The Morgan fingerprint density at radius 2 is 2.27 bits per heavy atom. The predicted octanol–water partition coefficient (Wildman–Crippen LogP) is 0.259. The quantitative estimate of drug-likeness (QED) is 0.781. The van der Waals surface area contributed by atoms with Crippen molar-refractivity contribution in [3.05, 3.63) is 18.5 Å². The van der Waals surface area contributed by atoms with E-state index in [1.54, 1.807) is 0 Å². The first-order valence-corrected chi connectivity index (χ1v) is 7.92. The zero-order valence-corrected chi connectivity index (χ0v) is 10.8. The van der Waals surface area contributed by atoms with Gasteiger partial charge in [0.2, 0.25) is 0 Å². The van der Waals surface area contributed by atoms with E-state index in [4.69, 9.17) is 0 Å². The normalized spacial score (nSPS) is 17.5. The van der Waals surface area contributed by atoms with E-state index in [-0.39, 0.29) is 0 Å². The topological polar surface area (TPSA) is 28.2 Å². The molecule has 0 amide bonds. The molecule has 4 heteroatoms. The predicted molar refractivity (Wildman–Crippen MR) is 65.2 cm³/mol. The molecule has 1 aromatic rings. The summed E-state index contributed by atoms with van der Waals surface area (Å²) in [6.07, 6.45) is 5.20. The van der Waals surface area contributed by atoms with Crippen molar-refractivity contribution in [3.63, 3.8) is 0 Å². The van der Waals surface area contributed by atoms with Crippen molar-refractivity contribution in [3.8, 4) is 0 Å². The Labute approximate surface area is 97.4 Å². The summed E-state index contributed by atoms with van der Waals surface area (Å²) in [4.78, 5) is 6.75. The molecule has 1 aliphatic heterocycles. The number of pyridine rings is 1. The van der Waals surface area contributed by atoms with Gasteiger partial charge < -0.3 is 0 Å². The van der Waals surface area contributed by atoms with Crippen LogP contribution in [-0.4, -0.2) is 46.1 Å². The van der Waals surface area contributed by atoms with Gasteiger partial charge in [0, 0.05) is 0 Å². The maximum absolute atomic E-state index is 4.31. The van der Waals surface area contributed by atoms with Gasteiger partial charge in [-0.3, -0.25) is 0 Å². The van der Waals surface area contributed by atoms with Crippen molar-refractivity contribution < 1.29 is 0 Å². The molecule has 1 aliphatic rings. The SMILES string of the molecule is C[Se]c1cncc(N2CCCNCC2)c1. The van der Waals surface area contributed by atoms with Gasteiger partial charge in [-0.15, -0.1) is 0 Å². The number of nitrogens with one attached hydrogen (secondary N) is 1. The van der Waals surface area contributed by atoms with Gasteiger partial charge in [0.15, 0.2) is 0 Å². The number of aromatic nitrogens is 1. The molecular weight excluding hydrogens is 253 g/mol. The van der Waals surface area contributed by atoms with Crippen molar-refractivity contribution in [2.24, 2.45) is 0 Å². The van der Waals surface area contributed by atoms with Gasteiger partial charge in [-0.2, -0.15) is 0 Å². The summed E-state index contributed by atoms with van der Waals surface area (Å²) in [6, 6.07) is 2.29. The third kappa shape index (κ3) is 2.94. The Morgan fingerprint density at radius 1 is 1.33 bits per heavy atom. The van der Waals surface area contributed by atoms with E-state index in [0.717, 1.165) is 26.2 Å². The molecule has 1 aromatic heterocycles. The summed E-state index contributed by atoms with van der Waals surface area (Å²) in [5.41, 5.74) is 1.29. The van der Waals surface area contributed by atoms with Crippen LogP contribution in [0.1, 0.15) is 6.42 Å². The fraction of sp³-hybridized carbons (Fsp3) is 0.545. The molecule has 15 heavy (non-hydrogen) atoms. The fourth-order valence-electron chi connectivity index (χ4n) is 1.80. The van der Waals surface area contributed by atoms with Gasteiger partial charge in [-0.25, -0.2) is 0 Å². The Balaban J connectivity index is 2.12. The average Bonchev–Trinajstić information content (AvgIpc) is 2.58. The molecule has 2 heterocycles. The molecule has 82 valence electrons. The summed E-state index contributed by atoms with van der Waals surface area (Å²) >= 11 is 0.549. The van der Waals surface area contributed by atoms with E-state index in [0.29, 0.717) is 15.0 Å². The van der Waals surface area contributed by atoms with Crippen LogP contribution in [0.2, 0.25) is 5.82 Å². The summed E-state index contributed by atoms with van der Waals surface area (Å²) in [5.74, 6) is 2.23. The Morgan fingerprint density at radius 3 is 3.13 bits per heavy atom. The molecule has 1 saturated heterocycles. The van der Waals surface area contributed by atoms with Crippen molar-refractivity contribution in [1.82, 2.24) is 10.3 Å². The summed E-state index contributed by atoms with van der Waals surface area (Å²) < 4.78 is 1.39. The summed E-state index contributed by atoms with van der Waals surface area (Å²) in [5, 5.41) is 3.42. The van der Waals surface area contributed by atoms with Crippen LogP contribution in [-0.2, 0) is 0 Å². The Kier molecular flexibility index (Phi) is 4.01. The first-order chi connectivity index (χ1) is 7.40. The number of hydrogen-bond acceptors (Lipinski definition) is 3. The van der Waals surface area contributed by atoms with Crippen LogP contribution < -0.4 is 14.7 Å². The summed E-state index contributed by atoms with van der Waals surface area (Å²) in [7, 11) is 0. The van der Waals surface area contributed by atoms with E-state index in [1.165, 1.54) is 16.6 Å². The van der Waals surface area contributed by atoms with E-state index >= 15 is 0 Å². The maximum atomic E-state index is 4.31. The zero-order chi connectivity index (χ0) is 10.5. The first-order valence-electron chi connectivity index (χ1n) is 5.35. The van der Waals surface area contributed by atoms with Crippen LogP contribution in [0.25, 0.3) is 0 Å². The molecule has 1 N–H and O–H groups in total. The van der Waals surface area contributed by atoms with Crippen LogP contribution in [0.5, 0.6) is 0 Å². The van der Waals surface area contributed by atoms with Gasteiger partial charge in [0.25, 0.3) is 0 Å². The zero-order valence-electron chi connectivity index (χ0n) is 9.07. The molecule has 0 aromatic carbocycles.